The number of pyridine rings is 1. The molecule has 1 aromatic rings. The largest absolute Gasteiger partial charge is 0.369 e. The molecule has 7 heteroatoms. The average molecular weight is 348 g/mol. The van der Waals surface area contributed by atoms with Crippen LogP contribution in [0, 0.1) is 0 Å². The standard InChI is InChI=1S/C12H18BrN3O2S/c1-2-14-12-11(7-9(13)8-15-12)19(17,18)16-10-5-3-4-6-10/h7-8,10,16H,2-6H2,1H3,(H,14,15). The van der Waals surface area contributed by atoms with E-state index in [2.05, 4.69) is 31.0 Å². The minimum atomic E-state index is -3.52. The summed E-state index contributed by atoms with van der Waals surface area (Å²) in [5.74, 6) is 0.399. The van der Waals surface area contributed by atoms with Crippen molar-refractivity contribution in [1.82, 2.24) is 9.71 Å². The van der Waals surface area contributed by atoms with E-state index in [1.165, 1.54) is 0 Å². The molecule has 2 N–H and O–H groups in total. The summed E-state index contributed by atoms with van der Waals surface area (Å²) in [6, 6.07) is 1.64. The van der Waals surface area contributed by atoms with Gasteiger partial charge < -0.3 is 5.32 Å². The van der Waals surface area contributed by atoms with Gasteiger partial charge in [-0.3, -0.25) is 0 Å². The molecule has 1 fully saturated rings. The first-order valence-electron chi connectivity index (χ1n) is 6.44. The second-order valence-corrected chi connectivity index (χ2v) is 7.23. The fourth-order valence-electron chi connectivity index (χ4n) is 2.25. The Bertz CT molecular complexity index is 542. The van der Waals surface area contributed by atoms with E-state index in [-0.39, 0.29) is 10.9 Å². The lowest BCUT2D eigenvalue weighted by atomic mass is 10.3. The highest BCUT2D eigenvalue weighted by Crippen LogP contribution is 2.25. The minimum Gasteiger partial charge on any atom is -0.369 e. The van der Waals surface area contributed by atoms with Gasteiger partial charge in [0.2, 0.25) is 10.0 Å². The Morgan fingerprint density at radius 1 is 1.42 bits per heavy atom. The van der Waals surface area contributed by atoms with Gasteiger partial charge in [0, 0.05) is 23.3 Å². The van der Waals surface area contributed by atoms with Gasteiger partial charge in [0.25, 0.3) is 0 Å². The zero-order valence-electron chi connectivity index (χ0n) is 10.8. The van der Waals surface area contributed by atoms with Crippen LogP contribution in [0.4, 0.5) is 5.82 Å². The first kappa shape index (κ1) is 14.7. The quantitative estimate of drug-likeness (QED) is 0.858. The topological polar surface area (TPSA) is 71.1 Å². The maximum atomic E-state index is 12.4. The molecule has 1 saturated carbocycles. The molecular formula is C12H18BrN3O2S. The van der Waals surface area contributed by atoms with Crippen LogP contribution >= 0.6 is 15.9 Å². The number of aromatic nitrogens is 1. The number of halogens is 1. The molecule has 106 valence electrons. The van der Waals surface area contributed by atoms with Crippen molar-refractivity contribution < 1.29 is 8.42 Å². The summed E-state index contributed by atoms with van der Waals surface area (Å²) in [6.07, 6.45) is 5.59. The maximum absolute atomic E-state index is 12.4. The van der Waals surface area contributed by atoms with Crippen LogP contribution in [0.15, 0.2) is 21.6 Å². The third-order valence-corrected chi connectivity index (χ3v) is 5.10. The molecule has 19 heavy (non-hydrogen) atoms. The molecule has 0 atom stereocenters. The van der Waals surface area contributed by atoms with Crippen LogP contribution in [0.1, 0.15) is 32.6 Å². The number of sulfonamides is 1. The van der Waals surface area contributed by atoms with Crippen molar-refractivity contribution in [3.63, 3.8) is 0 Å². The Hall–Kier alpha value is -0.660. The fourth-order valence-corrected chi connectivity index (χ4v) is 4.20. The van der Waals surface area contributed by atoms with Crippen molar-refractivity contribution in [2.24, 2.45) is 0 Å². The predicted octanol–water partition coefficient (Wildman–Crippen LogP) is 2.50. The van der Waals surface area contributed by atoms with Gasteiger partial charge in [-0.25, -0.2) is 18.1 Å². The van der Waals surface area contributed by atoms with Crippen molar-refractivity contribution in [2.75, 3.05) is 11.9 Å². The predicted molar refractivity (Wildman–Crippen MR) is 78.7 cm³/mol. The molecule has 0 bridgehead atoms. The number of hydrogen-bond donors (Lipinski definition) is 2. The second-order valence-electron chi connectivity index (χ2n) is 4.63. The molecule has 0 saturated heterocycles. The van der Waals surface area contributed by atoms with Gasteiger partial charge >= 0.3 is 0 Å². The van der Waals surface area contributed by atoms with E-state index in [0.717, 1.165) is 25.7 Å². The third-order valence-electron chi connectivity index (χ3n) is 3.13. The monoisotopic (exact) mass is 347 g/mol. The average Bonchev–Trinajstić information content (AvgIpc) is 2.83. The molecule has 1 aromatic heterocycles. The van der Waals surface area contributed by atoms with Gasteiger partial charge in [-0.15, -0.1) is 0 Å². The number of anilines is 1. The summed E-state index contributed by atoms with van der Waals surface area (Å²) in [5, 5.41) is 2.98. The van der Waals surface area contributed by atoms with E-state index < -0.39 is 10.0 Å². The van der Waals surface area contributed by atoms with Gasteiger partial charge in [-0.1, -0.05) is 12.8 Å². The van der Waals surface area contributed by atoms with Gasteiger partial charge in [0.1, 0.15) is 10.7 Å². The maximum Gasteiger partial charge on any atom is 0.244 e. The molecule has 5 nitrogen and oxygen atoms in total. The molecule has 1 heterocycles. The van der Waals surface area contributed by atoms with Crippen LogP contribution in [0.3, 0.4) is 0 Å². The minimum absolute atomic E-state index is 0.0541. The summed E-state index contributed by atoms with van der Waals surface area (Å²) in [5.41, 5.74) is 0. The summed E-state index contributed by atoms with van der Waals surface area (Å²) >= 11 is 3.27. The Morgan fingerprint density at radius 3 is 2.74 bits per heavy atom. The summed E-state index contributed by atoms with van der Waals surface area (Å²) in [4.78, 5) is 4.34. The van der Waals surface area contributed by atoms with Gasteiger partial charge in [0.15, 0.2) is 0 Å². The normalized spacial score (nSPS) is 16.7. The number of rotatable bonds is 5. The van der Waals surface area contributed by atoms with Crippen LogP contribution in [-0.4, -0.2) is 26.0 Å². The molecule has 0 radical (unpaired) electrons. The SMILES string of the molecule is CCNc1ncc(Br)cc1S(=O)(=O)NC1CCCC1. The highest BCUT2D eigenvalue weighted by Gasteiger charge is 2.25. The van der Waals surface area contributed by atoms with Crippen molar-refractivity contribution in [1.29, 1.82) is 0 Å². The zero-order chi connectivity index (χ0) is 13.9. The third kappa shape index (κ3) is 3.67. The van der Waals surface area contributed by atoms with Gasteiger partial charge in [-0.05, 0) is 41.8 Å². The molecule has 2 rings (SSSR count). The highest BCUT2D eigenvalue weighted by molar-refractivity contribution is 9.10. The van der Waals surface area contributed by atoms with E-state index in [1.807, 2.05) is 6.92 Å². The summed E-state index contributed by atoms with van der Waals surface area (Å²) < 4.78 is 28.3. The van der Waals surface area contributed by atoms with Crippen molar-refractivity contribution >= 4 is 31.8 Å². The Morgan fingerprint density at radius 2 is 2.11 bits per heavy atom. The lowest BCUT2D eigenvalue weighted by Gasteiger charge is -2.15. The molecule has 0 unspecified atom stereocenters. The molecule has 0 aliphatic heterocycles. The lowest BCUT2D eigenvalue weighted by molar-refractivity contribution is 0.552. The summed E-state index contributed by atoms with van der Waals surface area (Å²) in [7, 11) is -3.52. The molecule has 0 spiro atoms. The van der Waals surface area contributed by atoms with E-state index >= 15 is 0 Å². The van der Waals surface area contributed by atoms with Crippen LogP contribution in [0.5, 0.6) is 0 Å². The number of nitrogens with zero attached hydrogens (tertiary/aromatic N) is 1. The Balaban J connectivity index is 2.29. The number of hydrogen-bond acceptors (Lipinski definition) is 4. The zero-order valence-corrected chi connectivity index (χ0v) is 13.2. The fraction of sp³-hybridized carbons (Fsp3) is 0.583. The van der Waals surface area contributed by atoms with Crippen molar-refractivity contribution in [2.45, 2.75) is 43.5 Å². The van der Waals surface area contributed by atoms with Crippen LogP contribution in [0.2, 0.25) is 0 Å². The van der Waals surface area contributed by atoms with Crippen LogP contribution in [-0.2, 0) is 10.0 Å². The lowest BCUT2D eigenvalue weighted by Crippen LogP contribution is -2.33. The van der Waals surface area contributed by atoms with Crippen molar-refractivity contribution in [3.05, 3.63) is 16.7 Å². The second kappa shape index (κ2) is 6.19. The molecule has 0 amide bonds. The van der Waals surface area contributed by atoms with Crippen LogP contribution in [0.25, 0.3) is 0 Å². The molecule has 1 aliphatic rings. The first-order valence-corrected chi connectivity index (χ1v) is 8.72. The smallest absolute Gasteiger partial charge is 0.244 e. The number of nitrogens with one attached hydrogen (secondary N) is 2. The van der Waals surface area contributed by atoms with E-state index in [0.29, 0.717) is 16.8 Å². The van der Waals surface area contributed by atoms with E-state index in [9.17, 15) is 8.42 Å². The van der Waals surface area contributed by atoms with Gasteiger partial charge in [-0.2, -0.15) is 0 Å². The molecular weight excluding hydrogens is 330 g/mol. The van der Waals surface area contributed by atoms with Crippen LogP contribution < -0.4 is 10.0 Å². The van der Waals surface area contributed by atoms with Gasteiger partial charge in [0.05, 0.1) is 0 Å². The summed E-state index contributed by atoms with van der Waals surface area (Å²) in [6.45, 7) is 2.53. The Kier molecular flexibility index (Phi) is 4.81. The van der Waals surface area contributed by atoms with Crippen molar-refractivity contribution in [3.8, 4) is 0 Å². The first-order chi connectivity index (χ1) is 9.03. The van der Waals surface area contributed by atoms with E-state index in [4.69, 9.17) is 0 Å². The van der Waals surface area contributed by atoms with E-state index in [1.54, 1.807) is 12.3 Å². The molecule has 0 aromatic carbocycles. The molecule has 1 aliphatic carbocycles. The Labute approximate surface area is 122 Å². The highest BCUT2D eigenvalue weighted by atomic mass is 79.9.